The van der Waals surface area contributed by atoms with E-state index < -0.39 is 6.10 Å². The van der Waals surface area contributed by atoms with Gasteiger partial charge in [0.05, 0.1) is 24.4 Å². The number of hydrogen-bond acceptors (Lipinski definition) is 6. The Labute approximate surface area is 222 Å². The summed E-state index contributed by atoms with van der Waals surface area (Å²) in [6.45, 7) is 1.89. The minimum Gasteiger partial charge on any atom is -0.465 e. The van der Waals surface area contributed by atoms with Crippen LogP contribution in [0, 0.1) is 5.92 Å². The summed E-state index contributed by atoms with van der Waals surface area (Å²) in [4.78, 5) is 24.6. The Morgan fingerprint density at radius 3 is 2.45 bits per heavy atom. The van der Waals surface area contributed by atoms with Crippen molar-refractivity contribution in [1.29, 1.82) is 0 Å². The number of esters is 1. The summed E-state index contributed by atoms with van der Waals surface area (Å²) >= 11 is 0. The molecule has 2 aliphatic rings. The fourth-order valence-electron chi connectivity index (χ4n) is 5.38. The summed E-state index contributed by atoms with van der Waals surface area (Å²) in [7, 11) is 2.90. The van der Waals surface area contributed by atoms with Crippen molar-refractivity contribution in [3.63, 3.8) is 0 Å². The minimum atomic E-state index is -0.733. The lowest BCUT2D eigenvalue weighted by molar-refractivity contribution is -0.131. The quantitative estimate of drug-likeness (QED) is 0.189. The molecule has 194 valence electrons. The molecule has 3 aromatic carbocycles. The van der Waals surface area contributed by atoms with Gasteiger partial charge in [-0.1, -0.05) is 60.7 Å². The number of hydrogen-bond donors (Lipinski definition) is 2. The number of benzene rings is 3. The van der Waals surface area contributed by atoms with Gasteiger partial charge in [-0.3, -0.25) is 4.79 Å². The zero-order chi connectivity index (χ0) is 26.6. The summed E-state index contributed by atoms with van der Waals surface area (Å²) in [6, 6.07) is 23.4. The molecule has 7 heteroatoms. The molecule has 0 radical (unpaired) electrons. The molecule has 38 heavy (non-hydrogen) atoms. The molecule has 5 rings (SSSR count). The third kappa shape index (κ3) is 4.97. The topological polar surface area (TPSA) is 89.0 Å². The van der Waals surface area contributed by atoms with Crippen molar-refractivity contribution >= 4 is 23.3 Å². The van der Waals surface area contributed by atoms with E-state index in [9.17, 15) is 9.59 Å². The molecule has 2 N–H and O–H groups in total. The molecule has 0 fully saturated rings. The van der Waals surface area contributed by atoms with Crippen LogP contribution < -0.4 is 10.7 Å². The van der Waals surface area contributed by atoms with Crippen LogP contribution in [0.1, 0.15) is 64.0 Å². The second-order valence-electron chi connectivity index (χ2n) is 9.59. The smallest absolute Gasteiger partial charge is 0.337 e. The summed E-state index contributed by atoms with van der Waals surface area (Å²) in [5.41, 5.74) is 9.05. The van der Waals surface area contributed by atoms with Gasteiger partial charge in [0.15, 0.2) is 6.10 Å². The van der Waals surface area contributed by atoms with Crippen molar-refractivity contribution in [2.75, 3.05) is 19.5 Å². The largest absolute Gasteiger partial charge is 0.465 e. The van der Waals surface area contributed by atoms with Gasteiger partial charge in [0.1, 0.15) is 0 Å². The number of ether oxygens (including phenoxy) is 2. The van der Waals surface area contributed by atoms with Gasteiger partial charge in [-0.25, -0.2) is 10.2 Å². The van der Waals surface area contributed by atoms with Crippen molar-refractivity contribution in [2.24, 2.45) is 11.0 Å². The Balaban J connectivity index is 1.35. The Kier molecular flexibility index (Phi) is 7.38. The first kappa shape index (κ1) is 25.4. The van der Waals surface area contributed by atoms with E-state index in [1.165, 1.54) is 19.8 Å². The first-order valence-corrected chi connectivity index (χ1v) is 12.7. The number of anilines is 1. The SMILES string of the molecule is COC(=O)c1ccc([C@@H]2Nc3ccc(/C(C)=N\NC(=O)[C@H](OC)c4ccccc4)cc3[C@H]3C=CC[C@H]32)cc1. The van der Waals surface area contributed by atoms with Crippen molar-refractivity contribution in [3.8, 4) is 0 Å². The molecule has 1 aliphatic carbocycles. The van der Waals surface area contributed by atoms with Gasteiger partial charge in [0, 0.05) is 18.7 Å². The van der Waals surface area contributed by atoms with Gasteiger partial charge in [0.25, 0.3) is 5.91 Å². The lowest BCUT2D eigenvalue weighted by Crippen LogP contribution is -2.29. The van der Waals surface area contributed by atoms with Crippen molar-refractivity contribution in [3.05, 3.63) is 113 Å². The highest BCUT2D eigenvalue weighted by Gasteiger charge is 2.38. The Hall–Kier alpha value is -4.23. The van der Waals surface area contributed by atoms with Crippen LogP contribution in [0.4, 0.5) is 5.69 Å². The summed E-state index contributed by atoms with van der Waals surface area (Å²) < 4.78 is 10.2. The number of carbonyl (C=O) groups excluding carboxylic acids is 2. The molecule has 0 saturated carbocycles. The average Bonchev–Trinajstić information content (AvgIpc) is 3.46. The zero-order valence-corrected chi connectivity index (χ0v) is 21.7. The van der Waals surface area contributed by atoms with E-state index in [0.29, 0.717) is 17.2 Å². The predicted octanol–water partition coefficient (Wildman–Crippen LogP) is 5.53. The van der Waals surface area contributed by atoms with Gasteiger partial charge < -0.3 is 14.8 Å². The van der Waals surface area contributed by atoms with E-state index in [1.807, 2.05) is 67.6 Å². The molecule has 1 aliphatic heterocycles. The van der Waals surface area contributed by atoms with Gasteiger partial charge in [-0.15, -0.1) is 0 Å². The van der Waals surface area contributed by atoms with Crippen LogP contribution in [-0.2, 0) is 14.3 Å². The maximum absolute atomic E-state index is 12.8. The third-order valence-electron chi connectivity index (χ3n) is 7.38. The number of hydrazone groups is 1. The monoisotopic (exact) mass is 509 g/mol. The number of nitrogens with zero attached hydrogens (tertiary/aromatic N) is 1. The molecule has 1 heterocycles. The zero-order valence-electron chi connectivity index (χ0n) is 21.7. The third-order valence-corrected chi connectivity index (χ3v) is 7.38. The van der Waals surface area contributed by atoms with Crippen LogP contribution in [0.15, 0.2) is 90.0 Å². The first-order valence-electron chi connectivity index (χ1n) is 12.7. The van der Waals surface area contributed by atoms with E-state index in [0.717, 1.165) is 28.8 Å². The second-order valence-corrected chi connectivity index (χ2v) is 9.59. The summed E-state index contributed by atoms with van der Waals surface area (Å²) in [5.74, 6) is -0.0446. The van der Waals surface area contributed by atoms with Crippen LogP contribution in [-0.4, -0.2) is 31.8 Å². The van der Waals surface area contributed by atoms with Crippen LogP contribution in [0.5, 0.6) is 0 Å². The molecule has 1 amide bonds. The minimum absolute atomic E-state index is 0.123. The van der Waals surface area contributed by atoms with E-state index in [-0.39, 0.29) is 23.8 Å². The fraction of sp³-hybridized carbons (Fsp3) is 0.258. The van der Waals surface area contributed by atoms with Gasteiger partial charge in [0.2, 0.25) is 0 Å². The number of methoxy groups -OCH3 is 2. The number of rotatable bonds is 7. The molecule has 0 spiro atoms. The lowest BCUT2D eigenvalue weighted by atomic mass is 9.76. The van der Waals surface area contributed by atoms with E-state index >= 15 is 0 Å². The molecule has 0 aromatic heterocycles. The first-order chi connectivity index (χ1) is 18.5. The number of carbonyl (C=O) groups is 2. The number of fused-ring (bicyclic) bond motifs is 3. The van der Waals surface area contributed by atoms with E-state index in [1.54, 1.807) is 0 Å². The van der Waals surface area contributed by atoms with Crippen LogP contribution in [0.2, 0.25) is 0 Å². The molecular weight excluding hydrogens is 478 g/mol. The predicted molar refractivity (Wildman–Crippen MR) is 147 cm³/mol. The maximum atomic E-state index is 12.8. The number of allylic oxidation sites excluding steroid dienone is 2. The van der Waals surface area contributed by atoms with Crippen molar-refractivity contribution < 1.29 is 19.1 Å². The summed E-state index contributed by atoms with van der Waals surface area (Å²) in [5, 5.41) is 8.10. The molecule has 3 aromatic rings. The molecule has 0 bridgehead atoms. The van der Waals surface area contributed by atoms with Crippen molar-refractivity contribution in [1.82, 2.24) is 5.43 Å². The number of amides is 1. The number of nitrogens with one attached hydrogen (secondary N) is 2. The van der Waals surface area contributed by atoms with Crippen LogP contribution in [0.25, 0.3) is 0 Å². The standard InChI is InChI=1S/C31H31N3O4/c1-19(33-34-30(35)29(37-2)21-8-5-4-6-9-21)23-16-17-27-26(18-23)24-10-7-11-25(24)28(32-27)20-12-14-22(15-13-20)31(36)38-3/h4-10,12-18,24-25,28-29,32H,11H2,1-3H3,(H,34,35)/b33-19-/t24-,25+,28-,29+/m0/s1. The van der Waals surface area contributed by atoms with Gasteiger partial charge in [-0.05, 0) is 65.8 Å². The van der Waals surface area contributed by atoms with E-state index in [4.69, 9.17) is 9.47 Å². The normalized spacial score (nSPS) is 20.6. The Bertz CT molecular complexity index is 1380. The molecular formula is C31H31N3O4. The molecule has 7 nitrogen and oxygen atoms in total. The van der Waals surface area contributed by atoms with Gasteiger partial charge in [-0.2, -0.15) is 5.10 Å². The van der Waals surface area contributed by atoms with Crippen LogP contribution in [0.3, 0.4) is 0 Å². The fourth-order valence-corrected chi connectivity index (χ4v) is 5.38. The second kappa shape index (κ2) is 11.0. The molecule has 0 saturated heterocycles. The highest BCUT2D eigenvalue weighted by molar-refractivity contribution is 6.00. The highest BCUT2D eigenvalue weighted by atomic mass is 16.5. The highest BCUT2D eigenvalue weighted by Crippen LogP contribution is 2.50. The lowest BCUT2D eigenvalue weighted by Gasteiger charge is -2.37. The maximum Gasteiger partial charge on any atom is 0.337 e. The van der Waals surface area contributed by atoms with Crippen LogP contribution >= 0.6 is 0 Å². The Morgan fingerprint density at radius 1 is 1.00 bits per heavy atom. The Morgan fingerprint density at radius 2 is 1.74 bits per heavy atom. The average molecular weight is 510 g/mol. The van der Waals surface area contributed by atoms with Gasteiger partial charge >= 0.3 is 5.97 Å². The van der Waals surface area contributed by atoms with Crippen molar-refractivity contribution in [2.45, 2.75) is 31.4 Å². The molecule has 0 unspecified atom stereocenters. The summed E-state index contributed by atoms with van der Waals surface area (Å²) in [6.07, 6.45) is 4.75. The molecule has 4 atom stereocenters. The van der Waals surface area contributed by atoms with E-state index in [2.05, 4.69) is 40.1 Å².